The Hall–Kier alpha value is -1.82. The number of aromatic nitrogens is 3. The Morgan fingerprint density at radius 3 is 2.84 bits per heavy atom. The summed E-state index contributed by atoms with van der Waals surface area (Å²) in [7, 11) is 1.84. The first-order valence-electron chi connectivity index (χ1n) is 6.23. The summed E-state index contributed by atoms with van der Waals surface area (Å²) in [5.41, 5.74) is 0.936. The predicted octanol–water partition coefficient (Wildman–Crippen LogP) is 1.88. The van der Waals surface area contributed by atoms with E-state index in [0.717, 1.165) is 5.69 Å². The topological polar surface area (TPSA) is 65.1 Å². The maximum atomic E-state index is 5.53. The van der Waals surface area contributed by atoms with Crippen molar-refractivity contribution in [1.29, 1.82) is 0 Å². The fourth-order valence-electron chi connectivity index (χ4n) is 1.49. The van der Waals surface area contributed by atoms with Crippen molar-refractivity contribution in [3.05, 3.63) is 29.9 Å². The molecular formula is C13H20N4O2. The molecule has 104 valence electrons. The maximum Gasteiger partial charge on any atom is 0.174 e. The van der Waals surface area contributed by atoms with Crippen LogP contribution < -0.4 is 10.1 Å². The van der Waals surface area contributed by atoms with Gasteiger partial charge in [0.2, 0.25) is 0 Å². The van der Waals surface area contributed by atoms with Gasteiger partial charge < -0.3 is 14.6 Å². The number of rotatable bonds is 5. The van der Waals surface area contributed by atoms with Gasteiger partial charge in [-0.1, -0.05) is 5.16 Å². The average Bonchev–Trinajstić information content (AvgIpc) is 2.92. The molecule has 6 nitrogen and oxygen atoms in total. The van der Waals surface area contributed by atoms with Crippen LogP contribution in [0.15, 0.2) is 23.0 Å². The van der Waals surface area contributed by atoms with Crippen molar-refractivity contribution < 1.29 is 9.26 Å². The summed E-state index contributed by atoms with van der Waals surface area (Å²) in [6.45, 7) is 7.37. The molecule has 0 radical (unpaired) electrons. The summed E-state index contributed by atoms with van der Waals surface area (Å²) < 4.78 is 12.4. The van der Waals surface area contributed by atoms with Gasteiger partial charge in [0, 0.05) is 25.2 Å². The van der Waals surface area contributed by atoms with Crippen LogP contribution in [0.2, 0.25) is 0 Å². The normalized spacial score (nSPS) is 11.8. The molecule has 0 fully saturated rings. The highest BCUT2D eigenvalue weighted by molar-refractivity contribution is 5.12. The summed E-state index contributed by atoms with van der Waals surface area (Å²) in [6.07, 6.45) is 3.47. The van der Waals surface area contributed by atoms with E-state index in [1.54, 1.807) is 17.1 Å². The van der Waals surface area contributed by atoms with Crippen LogP contribution in [0.4, 0.5) is 0 Å². The Bertz CT molecular complexity index is 525. The van der Waals surface area contributed by atoms with Gasteiger partial charge in [-0.25, -0.2) is 0 Å². The molecule has 0 bridgehead atoms. The second-order valence-corrected chi connectivity index (χ2v) is 5.53. The smallest absolute Gasteiger partial charge is 0.174 e. The molecule has 0 aliphatic carbocycles. The second-order valence-electron chi connectivity index (χ2n) is 5.53. The molecule has 19 heavy (non-hydrogen) atoms. The van der Waals surface area contributed by atoms with Crippen molar-refractivity contribution in [2.24, 2.45) is 7.05 Å². The number of nitrogens with zero attached hydrogens (tertiary/aromatic N) is 3. The molecule has 6 heteroatoms. The molecule has 1 N–H and O–H groups in total. The lowest BCUT2D eigenvalue weighted by Gasteiger charge is -2.19. The van der Waals surface area contributed by atoms with Gasteiger partial charge in [0.25, 0.3) is 0 Å². The van der Waals surface area contributed by atoms with Crippen LogP contribution in [0.1, 0.15) is 32.2 Å². The number of hydrogen-bond acceptors (Lipinski definition) is 5. The van der Waals surface area contributed by atoms with E-state index in [2.05, 4.69) is 36.3 Å². The molecule has 0 saturated carbocycles. The van der Waals surface area contributed by atoms with Crippen molar-refractivity contribution in [3.63, 3.8) is 0 Å². The minimum atomic E-state index is 0.0608. The molecule has 0 aliphatic heterocycles. The number of aryl methyl sites for hydroxylation is 1. The van der Waals surface area contributed by atoms with Crippen molar-refractivity contribution >= 4 is 0 Å². The zero-order valence-corrected chi connectivity index (χ0v) is 11.8. The third-order valence-corrected chi connectivity index (χ3v) is 2.47. The lowest BCUT2D eigenvalue weighted by molar-refractivity contribution is 0.248. The fraction of sp³-hybridized carbons (Fsp3) is 0.538. The summed E-state index contributed by atoms with van der Waals surface area (Å²) in [5, 5.41) is 11.4. The Labute approximate surface area is 112 Å². The third kappa shape index (κ3) is 4.40. The van der Waals surface area contributed by atoms with E-state index < -0.39 is 0 Å². The zero-order chi connectivity index (χ0) is 13.9. The average molecular weight is 264 g/mol. The van der Waals surface area contributed by atoms with Crippen LogP contribution in [0, 0.1) is 0 Å². The van der Waals surface area contributed by atoms with E-state index >= 15 is 0 Å². The van der Waals surface area contributed by atoms with Gasteiger partial charge >= 0.3 is 0 Å². The first-order valence-corrected chi connectivity index (χ1v) is 6.23. The van der Waals surface area contributed by atoms with Crippen LogP contribution in [-0.4, -0.2) is 20.5 Å². The Balaban J connectivity index is 1.84. The quantitative estimate of drug-likeness (QED) is 0.893. The number of nitrogens with one attached hydrogen (secondary N) is 1. The van der Waals surface area contributed by atoms with E-state index in [-0.39, 0.29) is 5.54 Å². The summed E-state index contributed by atoms with van der Waals surface area (Å²) >= 11 is 0. The number of hydrogen-bond donors (Lipinski definition) is 1. The van der Waals surface area contributed by atoms with Gasteiger partial charge in [-0.15, -0.1) is 0 Å². The van der Waals surface area contributed by atoms with Crippen LogP contribution in [0.5, 0.6) is 5.75 Å². The lowest BCUT2D eigenvalue weighted by Crippen LogP contribution is -2.35. The highest BCUT2D eigenvalue weighted by Gasteiger charge is 2.11. The van der Waals surface area contributed by atoms with Crippen molar-refractivity contribution in [2.45, 2.75) is 39.5 Å². The highest BCUT2D eigenvalue weighted by atomic mass is 16.5. The summed E-state index contributed by atoms with van der Waals surface area (Å²) in [5.74, 6) is 1.42. The largest absolute Gasteiger partial charge is 0.482 e. The van der Waals surface area contributed by atoms with Crippen LogP contribution in [0.3, 0.4) is 0 Å². The number of ether oxygens (including phenoxy) is 1. The molecule has 0 aromatic carbocycles. The van der Waals surface area contributed by atoms with Gasteiger partial charge in [-0.05, 0) is 20.8 Å². The molecular weight excluding hydrogens is 244 g/mol. The van der Waals surface area contributed by atoms with E-state index in [9.17, 15) is 0 Å². The monoisotopic (exact) mass is 264 g/mol. The standard InChI is InChI=1S/C13H20N4O2/c1-13(2,3)14-6-10-5-11(19-16-10)9-18-12-7-15-17(4)8-12/h5,7-8,14H,6,9H2,1-4H3. The van der Waals surface area contributed by atoms with E-state index in [4.69, 9.17) is 9.26 Å². The highest BCUT2D eigenvalue weighted by Crippen LogP contribution is 2.12. The molecule has 0 unspecified atom stereocenters. The Morgan fingerprint density at radius 1 is 1.42 bits per heavy atom. The lowest BCUT2D eigenvalue weighted by atomic mass is 10.1. The predicted molar refractivity (Wildman–Crippen MR) is 70.6 cm³/mol. The van der Waals surface area contributed by atoms with Crippen molar-refractivity contribution in [1.82, 2.24) is 20.3 Å². The first-order chi connectivity index (χ1) is 8.92. The summed E-state index contributed by atoms with van der Waals surface area (Å²) in [6, 6.07) is 1.90. The molecule has 0 atom stereocenters. The minimum Gasteiger partial charge on any atom is -0.482 e. The fourth-order valence-corrected chi connectivity index (χ4v) is 1.49. The van der Waals surface area contributed by atoms with Gasteiger partial charge in [0.15, 0.2) is 11.5 Å². The van der Waals surface area contributed by atoms with E-state index in [1.807, 2.05) is 13.1 Å². The first kappa shape index (κ1) is 13.6. The molecule has 2 heterocycles. The van der Waals surface area contributed by atoms with Crippen LogP contribution >= 0.6 is 0 Å². The second kappa shape index (κ2) is 5.44. The molecule has 2 rings (SSSR count). The maximum absolute atomic E-state index is 5.53. The molecule has 0 amide bonds. The summed E-state index contributed by atoms with van der Waals surface area (Å²) in [4.78, 5) is 0. The minimum absolute atomic E-state index is 0.0608. The Kier molecular flexibility index (Phi) is 3.90. The molecule has 0 saturated heterocycles. The molecule has 2 aromatic rings. The Morgan fingerprint density at radius 2 is 2.21 bits per heavy atom. The van der Waals surface area contributed by atoms with E-state index in [1.165, 1.54) is 0 Å². The van der Waals surface area contributed by atoms with Crippen molar-refractivity contribution in [3.8, 4) is 5.75 Å². The van der Waals surface area contributed by atoms with Gasteiger partial charge in [0.05, 0.1) is 18.1 Å². The van der Waals surface area contributed by atoms with Crippen molar-refractivity contribution in [2.75, 3.05) is 0 Å². The van der Waals surface area contributed by atoms with Crippen LogP contribution in [-0.2, 0) is 20.2 Å². The third-order valence-electron chi connectivity index (χ3n) is 2.47. The van der Waals surface area contributed by atoms with E-state index in [0.29, 0.717) is 24.7 Å². The molecule has 0 spiro atoms. The molecule has 0 aliphatic rings. The van der Waals surface area contributed by atoms with Gasteiger partial charge in [0.1, 0.15) is 6.61 Å². The van der Waals surface area contributed by atoms with Gasteiger partial charge in [-0.2, -0.15) is 5.10 Å². The van der Waals surface area contributed by atoms with Gasteiger partial charge in [-0.3, -0.25) is 4.68 Å². The van der Waals surface area contributed by atoms with Crippen LogP contribution in [0.25, 0.3) is 0 Å². The molecule has 2 aromatic heterocycles. The zero-order valence-electron chi connectivity index (χ0n) is 11.8. The SMILES string of the molecule is Cn1cc(OCc2cc(CNC(C)(C)C)no2)cn1.